The molecule has 2 atom stereocenters. The number of rotatable bonds is 9. The molecule has 6 nitrogen and oxygen atoms in total. The summed E-state index contributed by atoms with van der Waals surface area (Å²) >= 11 is 0. The molecule has 21 heavy (non-hydrogen) atoms. The summed E-state index contributed by atoms with van der Waals surface area (Å²) in [5.41, 5.74) is 5.26. The van der Waals surface area contributed by atoms with Crippen molar-refractivity contribution in [3.05, 3.63) is 0 Å². The Hall–Kier alpha value is -1.14. The molecule has 0 radical (unpaired) electrons. The molecular formula is C15H26N2O4. The summed E-state index contributed by atoms with van der Waals surface area (Å²) in [6.45, 7) is 4.81. The first-order valence-electron chi connectivity index (χ1n) is 7.74. The highest BCUT2D eigenvalue weighted by Gasteiger charge is 2.46. The van der Waals surface area contributed by atoms with Crippen LogP contribution in [-0.2, 0) is 14.3 Å². The number of carbonyl (C=O) groups is 2. The van der Waals surface area contributed by atoms with Crippen LogP contribution in [0.25, 0.3) is 0 Å². The van der Waals surface area contributed by atoms with Crippen molar-refractivity contribution in [3.8, 4) is 0 Å². The Morgan fingerprint density at radius 2 is 2.00 bits per heavy atom. The van der Waals surface area contributed by atoms with E-state index in [-0.39, 0.29) is 18.1 Å². The molecule has 0 saturated heterocycles. The first kappa shape index (κ1) is 16.2. The van der Waals surface area contributed by atoms with Crippen LogP contribution in [-0.4, -0.2) is 41.3 Å². The lowest BCUT2D eigenvalue weighted by Crippen LogP contribution is -2.49. The van der Waals surface area contributed by atoms with Gasteiger partial charge in [0.1, 0.15) is 0 Å². The van der Waals surface area contributed by atoms with E-state index < -0.39 is 17.9 Å². The number of carbonyl (C=O) groups excluding carboxylic acids is 1. The fourth-order valence-electron chi connectivity index (χ4n) is 2.64. The molecule has 0 heterocycles. The molecule has 2 saturated carbocycles. The van der Waals surface area contributed by atoms with Crippen molar-refractivity contribution in [3.63, 3.8) is 0 Å². The van der Waals surface area contributed by atoms with Crippen molar-refractivity contribution in [2.24, 2.45) is 17.6 Å². The summed E-state index contributed by atoms with van der Waals surface area (Å²) in [7, 11) is 0. The van der Waals surface area contributed by atoms with E-state index in [0.29, 0.717) is 18.4 Å². The van der Waals surface area contributed by atoms with Crippen molar-refractivity contribution in [2.45, 2.75) is 63.6 Å². The molecule has 0 aliphatic heterocycles. The van der Waals surface area contributed by atoms with Gasteiger partial charge < -0.3 is 20.9 Å². The van der Waals surface area contributed by atoms with E-state index in [9.17, 15) is 9.59 Å². The maximum atomic E-state index is 11.9. The largest absolute Gasteiger partial charge is 0.481 e. The second kappa shape index (κ2) is 6.32. The third-order valence-corrected chi connectivity index (χ3v) is 4.27. The molecule has 1 amide bonds. The van der Waals surface area contributed by atoms with Gasteiger partial charge in [0.15, 0.2) is 0 Å². The van der Waals surface area contributed by atoms with Crippen molar-refractivity contribution in [2.75, 3.05) is 6.61 Å². The molecule has 6 heteroatoms. The molecule has 1 unspecified atom stereocenters. The number of amides is 1. The summed E-state index contributed by atoms with van der Waals surface area (Å²) in [5, 5.41) is 11.5. The molecule has 4 N–H and O–H groups in total. The normalized spacial score (nSPS) is 22.7. The van der Waals surface area contributed by atoms with Crippen molar-refractivity contribution in [1.82, 2.24) is 5.32 Å². The Balaban J connectivity index is 1.79. The summed E-state index contributed by atoms with van der Waals surface area (Å²) in [4.78, 5) is 22.5. The number of carboxylic acids is 1. The SMILES string of the molecule is CC(C)C(OCC1(NC(=O)[C@@H](N)CC(=O)O)CC1)C1CC1. The molecular weight excluding hydrogens is 272 g/mol. The minimum atomic E-state index is -1.06. The highest BCUT2D eigenvalue weighted by atomic mass is 16.5. The lowest BCUT2D eigenvalue weighted by atomic mass is 10.0. The van der Waals surface area contributed by atoms with E-state index in [1.807, 2.05) is 0 Å². The molecule has 0 aromatic heterocycles. The average molecular weight is 298 g/mol. The number of carboxylic acid groups (broad SMARTS) is 1. The molecule has 120 valence electrons. The van der Waals surface area contributed by atoms with Crippen LogP contribution in [0, 0.1) is 11.8 Å². The van der Waals surface area contributed by atoms with Crippen LogP contribution in [0.5, 0.6) is 0 Å². The molecule has 2 rings (SSSR count). The molecule has 0 bridgehead atoms. The Labute approximate surface area is 125 Å². The zero-order valence-electron chi connectivity index (χ0n) is 12.8. The predicted molar refractivity (Wildman–Crippen MR) is 77.6 cm³/mol. The lowest BCUT2D eigenvalue weighted by Gasteiger charge is -2.26. The second-order valence-electron chi connectivity index (χ2n) is 6.83. The van der Waals surface area contributed by atoms with Gasteiger partial charge in [0, 0.05) is 0 Å². The van der Waals surface area contributed by atoms with Crippen LogP contribution in [0.15, 0.2) is 0 Å². The van der Waals surface area contributed by atoms with Crippen molar-refractivity contribution < 1.29 is 19.4 Å². The van der Waals surface area contributed by atoms with E-state index in [1.54, 1.807) is 0 Å². The first-order chi connectivity index (χ1) is 9.83. The Bertz CT molecular complexity index is 400. The topological polar surface area (TPSA) is 102 Å². The van der Waals surface area contributed by atoms with Gasteiger partial charge in [0.25, 0.3) is 0 Å². The van der Waals surface area contributed by atoms with Crippen molar-refractivity contribution in [1.29, 1.82) is 0 Å². The van der Waals surface area contributed by atoms with Crippen LogP contribution < -0.4 is 11.1 Å². The van der Waals surface area contributed by atoms with E-state index in [1.165, 1.54) is 12.8 Å². The summed E-state index contributed by atoms with van der Waals surface area (Å²) in [6.07, 6.45) is 4.10. The molecule has 2 aliphatic carbocycles. The molecule has 2 aliphatic rings. The number of nitrogens with one attached hydrogen (secondary N) is 1. The third kappa shape index (κ3) is 4.68. The van der Waals surface area contributed by atoms with Gasteiger partial charge in [-0.15, -0.1) is 0 Å². The first-order valence-corrected chi connectivity index (χ1v) is 7.74. The molecule has 0 aromatic carbocycles. The van der Waals surface area contributed by atoms with Crippen LogP contribution in [0.4, 0.5) is 0 Å². The van der Waals surface area contributed by atoms with Crippen LogP contribution in [0.2, 0.25) is 0 Å². The monoisotopic (exact) mass is 298 g/mol. The van der Waals surface area contributed by atoms with Gasteiger partial charge in [-0.1, -0.05) is 13.8 Å². The Morgan fingerprint density at radius 3 is 2.43 bits per heavy atom. The zero-order valence-corrected chi connectivity index (χ0v) is 12.8. The zero-order chi connectivity index (χ0) is 15.6. The van der Waals surface area contributed by atoms with Crippen molar-refractivity contribution >= 4 is 11.9 Å². The van der Waals surface area contributed by atoms with Crippen LogP contribution in [0.3, 0.4) is 0 Å². The minimum absolute atomic E-state index is 0.257. The van der Waals surface area contributed by atoms with Gasteiger partial charge in [-0.05, 0) is 37.5 Å². The summed E-state index contributed by atoms with van der Waals surface area (Å²) in [6, 6.07) is -0.996. The van der Waals surface area contributed by atoms with Gasteiger partial charge in [-0.2, -0.15) is 0 Å². The van der Waals surface area contributed by atoms with Crippen LogP contribution >= 0.6 is 0 Å². The summed E-state index contributed by atoms with van der Waals surface area (Å²) in [5.74, 6) is -0.331. The van der Waals surface area contributed by atoms with E-state index in [2.05, 4.69) is 19.2 Å². The predicted octanol–water partition coefficient (Wildman–Crippen LogP) is 0.888. The highest BCUT2D eigenvalue weighted by Crippen LogP contribution is 2.41. The highest BCUT2D eigenvalue weighted by molar-refractivity contribution is 5.86. The number of ether oxygens (including phenoxy) is 1. The number of nitrogens with two attached hydrogens (primary N) is 1. The minimum Gasteiger partial charge on any atom is -0.481 e. The Kier molecular flexibility index (Phi) is 4.88. The van der Waals surface area contributed by atoms with Gasteiger partial charge in [0.2, 0.25) is 5.91 Å². The van der Waals surface area contributed by atoms with Gasteiger partial charge in [-0.25, -0.2) is 0 Å². The van der Waals surface area contributed by atoms with Gasteiger partial charge >= 0.3 is 5.97 Å². The van der Waals surface area contributed by atoms with E-state index in [0.717, 1.165) is 12.8 Å². The number of hydrogen-bond donors (Lipinski definition) is 3. The Morgan fingerprint density at radius 1 is 1.38 bits per heavy atom. The van der Waals surface area contributed by atoms with E-state index in [4.69, 9.17) is 15.6 Å². The molecule has 2 fully saturated rings. The fourth-order valence-corrected chi connectivity index (χ4v) is 2.64. The third-order valence-electron chi connectivity index (χ3n) is 4.27. The van der Waals surface area contributed by atoms with Crippen LogP contribution in [0.1, 0.15) is 46.0 Å². The molecule has 0 spiro atoms. The quantitative estimate of drug-likeness (QED) is 0.587. The average Bonchev–Trinajstić information content (AvgIpc) is 3.25. The number of hydrogen-bond acceptors (Lipinski definition) is 4. The second-order valence-corrected chi connectivity index (χ2v) is 6.83. The van der Waals surface area contributed by atoms with Gasteiger partial charge in [-0.3, -0.25) is 9.59 Å². The number of aliphatic carboxylic acids is 1. The smallest absolute Gasteiger partial charge is 0.305 e. The molecule has 0 aromatic rings. The summed E-state index contributed by atoms with van der Waals surface area (Å²) < 4.78 is 6.04. The maximum Gasteiger partial charge on any atom is 0.305 e. The maximum absolute atomic E-state index is 11.9. The standard InChI is InChI=1S/C15H26N2O4/c1-9(2)13(10-3-4-10)21-8-15(5-6-15)17-14(20)11(16)7-12(18)19/h9-11,13H,3-8,16H2,1-2H3,(H,17,20)(H,18,19)/t11-,13?/m0/s1. The fraction of sp³-hybridized carbons (Fsp3) is 0.867. The van der Waals surface area contributed by atoms with Gasteiger partial charge in [0.05, 0.1) is 30.7 Å². The lowest BCUT2D eigenvalue weighted by molar-refractivity contribution is -0.139. The van der Waals surface area contributed by atoms with E-state index >= 15 is 0 Å².